The van der Waals surface area contributed by atoms with Crippen molar-refractivity contribution in [3.05, 3.63) is 90.0 Å². The molecule has 31 heavy (non-hydrogen) atoms. The Kier molecular flexibility index (Phi) is 6.51. The van der Waals surface area contributed by atoms with Gasteiger partial charge >= 0.3 is 0 Å². The molecule has 0 fully saturated rings. The first kappa shape index (κ1) is 20.5. The summed E-state index contributed by atoms with van der Waals surface area (Å²) in [5.41, 5.74) is 4.20. The molecule has 3 aromatic carbocycles. The van der Waals surface area contributed by atoms with Gasteiger partial charge in [0.1, 0.15) is 18.0 Å². The minimum Gasteiger partial charge on any atom is -0.380 e. The molecule has 4 nitrogen and oxygen atoms in total. The summed E-state index contributed by atoms with van der Waals surface area (Å²) in [5.74, 6) is 6.88. The van der Waals surface area contributed by atoms with E-state index in [4.69, 9.17) is 4.74 Å². The third-order valence-electron chi connectivity index (χ3n) is 4.90. The van der Waals surface area contributed by atoms with E-state index in [1.807, 2.05) is 48.5 Å². The van der Waals surface area contributed by atoms with E-state index in [0.717, 1.165) is 27.6 Å². The summed E-state index contributed by atoms with van der Waals surface area (Å²) in [4.78, 5) is 8.70. The minimum absolute atomic E-state index is 0.253. The summed E-state index contributed by atoms with van der Waals surface area (Å²) < 4.78 is 19.4. The smallest absolute Gasteiger partial charge is 0.137 e. The van der Waals surface area contributed by atoms with Crippen LogP contribution in [0.2, 0.25) is 0 Å². The average Bonchev–Trinajstić information content (AvgIpc) is 2.80. The van der Waals surface area contributed by atoms with Crippen molar-refractivity contribution in [2.75, 3.05) is 19.0 Å². The quantitative estimate of drug-likeness (QED) is 0.339. The Morgan fingerprint density at radius 1 is 1.00 bits per heavy atom. The first-order valence-corrected chi connectivity index (χ1v) is 10.1. The van der Waals surface area contributed by atoms with Crippen LogP contribution in [0, 0.1) is 17.7 Å². The van der Waals surface area contributed by atoms with Gasteiger partial charge in [0.2, 0.25) is 0 Å². The number of nitrogens with zero attached hydrogens (tertiary/aromatic N) is 2. The Morgan fingerprint density at radius 3 is 2.71 bits per heavy atom. The fraction of sp³-hybridized carbons (Fsp3) is 0.154. The molecule has 1 N–H and O–H groups in total. The van der Waals surface area contributed by atoms with Crippen LogP contribution in [-0.4, -0.2) is 23.6 Å². The monoisotopic (exact) mass is 411 g/mol. The van der Waals surface area contributed by atoms with E-state index in [-0.39, 0.29) is 5.82 Å². The van der Waals surface area contributed by atoms with E-state index in [1.165, 1.54) is 12.4 Å². The predicted octanol–water partition coefficient (Wildman–Crippen LogP) is 5.44. The van der Waals surface area contributed by atoms with Gasteiger partial charge in [-0.3, -0.25) is 0 Å². The highest BCUT2D eigenvalue weighted by atomic mass is 19.1. The number of benzene rings is 3. The predicted molar refractivity (Wildman–Crippen MR) is 122 cm³/mol. The molecule has 0 atom stereocenters. The van der Waals surface area contributed by atoms with Gasteiger partial charge in [-0.15, -0.1) is 0 Å². The number of aromatic nitrogens is 2. The Bertz CT molecular complexity index is 1260. The number of anilines is 1. The number of hydrogen-bond donors (Lipinski definition) is 1. The number of nitrogens with one attached hydrogen (secondary N) is 1. The summed E-state index contributed by atoms with van der Waals surface area (Å²) in [5, 5.41) is 4.18. The van der Waals surface area contributed by atoms with Gasteiger partial charge in [0.15, 0.2) is 0 Å². The zero-order valence-electron chi connectivity index (χ0n) is 17.2. The standard InChI is InChI=1S/C26H22FN3O/c1-31-17-21-10-3-2-8-19(21)9-6-7-15-28-26-23-16-20(13-14-25(23)29-18-30-26)22-11-4-5-12-24(22)27/h2-5,8,10-14,16,18H,7,15,17H2,1H3,(H,28,29,30). The Labute approximate surface area is 181 Å². The van der Waals surface area contributed by atoms with Crippen LogP contribution in [0.4, 0.5) is 10.2 Å². The van der Waals surface area contributed by atoms with Crippen LogP contribution < -0.4 is 5.32 Å². The van der Waals surface area contributed by atoms with E-state index in [9.17, 15) is 4.39 Å². The molecular formula is C26H22FN3O. The largest absolute Gasteiger partial charge is 0.380 e. The number of methoxy groups -OCH3 is 1. The molecule has 0 saturated carbocycles. The molecule has 4 aromatic rings. The summed E-state index contributed by atoms with van der Waals surface area (Å²) >= 11 is 0. The van der Waals surface area contributed by atoms with Crippen molar-refractivity contribution in [3.8, 4) is 23.0 Å². The topological polar surface area (TPSA) is 47.0 Å². The molecule has 0 radical (unpaired) electrons. The van der Waals surface area contributed by atoms with Crippen LogP contribution in [0.3, 0.4) is 0 Å². The van der Waals surface area contributed by atoms with Crippen LogP contribution >= 0.6 is 0 Å². The van der Waals surface area contributed by atoms with Crippen LogP contribution in [0.1, 0.15) is 17.5 Å². The molecule has 4 rings (SSSR count). The van der Waals surface area contributed by atoms with Crippen molar-refractivity contribution >= 4 is 16.7 Å². The molecule has 5 heteroatoms. The molecule has 0 aliphatic carbocycles. The third kappa shape index (κ3) is 4.88. The summed E-state index contributed by atoms with van der Waals surface area (Å²) in [6, 6.07) is 20.4. The van der Waals surface area contributed by atoms with Gasteiger partial charge in [-0.05, 0) is 35.4 Å². The highest BCUT2D eigenvalue weighted by molar-refractivity contribution is 5.92. The first-order valence-electron chi connectivity index (χ1n) is 10.1. The van der Waals surface area contributed by atoms with Gasteiger partial charge in [0.05, 0.1) is 12.1 Å². The van der Waals surface area contributed by atoms with E-state index in [0.29, 0.717) is 31.0 Å². The first-order chi connectivity index (χ1) is 15.3. The molecule has 0 unspecified atom stereocenters. The van der Waals surface area contributed by atoms with Gasteiger partial charge in [0.25, 0.3) is 0 Å². The lowest BCUT2D eigenvalue weighted by molar-refractivity contribution is 0.184. The zero-order chi connectivity index (χ0) is 21.5. The molecule has 1 heterocycles. The highest BCUT2D eigenvalue weighted by Crippen LogP contribution is 2.28. The van der Waals surface area contributed by atoms with Crippen molar-refractivity contribution in [2.24, 2.45) is 0 Å². The normalized spacial score (nSPS) is 10.5. The zero-order valence-corrected chi connectivity index (χ0v) is 17.2. The maximum absolute atomic E-state index is 14.2. The third-order valence-corrected chi connectivity index (χ3v) is 4.90. The Balaban J connectivity index is 1.50. The van der Waals surface area contributed by atoms with E-state index in [2.05, 4.69) is 27.1 Å². The van der Waals surface area contributed by atoms with Crippen molar-refractivity contribution in [3.63, 3.8) is 0 Å². The number of fused-ring (bicyclic) bond motifs is 1. The van der Waals surface area contributed by atoms with Crippen molar-refractivity contribution in [2.45, 2.75) is 13.0 Å². The van der Waals surface area contributed by atoms with Crippen molar-refractivity contribution < 1.29 is 9.13 Å². The maximum atomic E-state index is 14.2. The molecule has 0 amide bonds. The van der Waals surface area contributed by atoms with E-state index < -0.39 is 0 Å². The van der Waals surface area contributed by atoms with Gasteiger partial charge in [-0.2, -0.15) is 0 Å². The lowest BCUT2D eigenvalue weighted by Crippen LogP contribution is -2.03. The van der Waals surface area contributed by atoms with Gasteiger partial charge < -0.3 is 10.1 Å². The second-order valence-corrected chi connectivity index (χ2v) is 7.00. The number of rotatable bonds is 6. The fourth-order valence-electron chi connectivity index (χ4n) is 3.39. The number of halogens is 1. The molecule has 0 spiro atoms. The second-order valence-electron chi connectivity index (χ2n) is 7.00. The average molecular weight is 411 g/mol. The molecule has 0 aliphatic rings. The lowest BCUT2D eigenvalue weighted by Gasteiger charge is -2.09. The summed E-state index contributed by atoms with van der Waals surface area (Å²) in [7, 11) is 1.68. The minimum atomic E-state index is -0.253. The highest BCUT2D eigenvalue weighted by Gasteiger charge is 2.08. The van der Waals surface area contributed by atoms with Gasteiger partial charge in [0, 0.05) is 36.6 Å². The lowest BCUT2D eigenvalue weighted by atomic mass is 10.0. The van der Waals surface area contributed by atoms with Crippen LogP contribution in [-0.2, 0) is 11.3 Å². The molecule has 0 aliphatic heterocycles. The molecule has 1 aromatic heterocycles. The fourth-order valence-corrected chi connectivity index (χ4v) is 3.39. The second kappa shape index (κ2) is 9.84. The van der Waals surface area contributed by atoms with Crippen molar-refractivity contribution in [1.82, 2.24) is 9.97 Å². The van der Waals surface area contributed by atoms with E-state index >= 15 is 0 Å². The summed E-state index contributed by atoms with van der Waals surface area (Å²) in [6.45, 7) is 1.18. The van der Waals surface area contributed by atoms with Gasteiger partial charge in [-0.1, -0.05) is 54.3 Å². The molecule has 154 valence electrons. The Hall–Kier alpha value is -3.75. The Morgan fingerprint density at radius 2 is 1.84 bits per heavy atom. The summed E-state index contributed by atoms with van der Waals surface area (Å²) in [6.07, 6.45) is 2.18. The maximum Gasteiger partial charge on any atom is 0.137 e. The van der Waals surface area contributed by atoms with Gasteiger partial charge in [-0.25, -0.2) is 14.4 Å². The SMILES string of the molecule is COCc1ccccc1C#CCCNc1ncnc2ccc(-c3ccccc3F)cc12. The number of hydrogen-bond acceptors (Lipinski definition) is 4. The van der Waals surface area contributed by atoms with Crippen LogP contribution in [0.5, 0.6) is 0 Å². The van der Waals surface area contributed by atoms with Crippen LogP contribution in [0.15, 0.2) is 73.1 Å². The molecular weight excluding hydrogens is 389 g/mol. The van der Waals surface area contributed by atoms with Crippen LogP contribution in [0.25, 0.3) is 22.0 Å². The number of ether oxygens (including phenoxy) is 1. The van der Waals surface area contributed by atoms with E-state index in [1.54, 1.807) is 19.2 Å². The molecule has 0 bridgehead atoms. The van der Waals surface area contributed by atoms with Crippen molar-refractivity contribution in [1.29, 1.82) is 0 Å². The molecule has 0 saturated heterocycles.